The third-order valence-corrected chi connectivity index (χ3v) is 1.32. The van der Waals surface area contributed by atoms with Crippen LogP contribution in [0.5, 0.6) is 5.75 Å². The summed E-state index contributed by atoms with van der Waals surface area (Å²) in [6.07, 6.45) is 0. The molecule has 1 rings (SSSR count). The monoisotopic (exact) mass is 153 g/mol. The van der Waals surface area contributed by atoms with E-state index >= 15 is 0 Å². The summed E-state index contributed by atoms with van der Waals surface area (Å²) < 4.78 is 12.7. The zero-order valence-corrected chi connectivity index (χ0v) is 5.93. The first-order valence-corrected chi connectivity index (χ1v) is 3.09. The lowest BCUT2D eigenvalue weighted by Crippen LogP contribution is -1.98. The number of halogens is 1. The zero-order chi connectivity index (χ0) is 8.43. The highest BCUT2D eigenvalue weighted by molar-refractivity contribution is 5.94. The summed E-state index contributed by atoms with van der Waals surface area (Å²) in [6.45, 7) is 1.25. The second-order valence-corrected chi connectivity index (χ2v) is 2.20. The number of rotatable bonds is 1. The van der Waals surface area contributed by atoms with Gasteiger partial charge in [-0.15, -0.1) is 5.75 Å². The molecule has 0 fully saturated rings. The Hall–Kier alpha value is -1.38. The largest absolute Gasteiger partial charge is 0.872 e. The van der Waals surface area contributed by atoms with E-state index < -0.39 is 11.6 Å². The molecule has 3 heteroatoms. The van der Waals surface area contributed by atoms with Gasteiger partial charge in [0.2, 0.25) is 0 Å². The molecule has 11 heavy (non-hydrogen) atoms. The van der Waals surface area contributed by atoms with Crippen molar-refractivity contribution in [2.24, 2.45) is 0 Å². The van der Waals surface area contributed by atoms with Gasteiger partial charge in [0.1, 0.15) is 5.82 Å². The van der Waals surface area contributed by atoms with Gasteiger partial charge in [-0.3, -0.25) is 4.79 Å². The third-order valence-electron chi connectivity index (χ3n) is 1.32. The Morgan fingerprint density at radius 2 is 2.18 bits per heavy atom. The normalized spacial score (nSPS) is 9.64. The van der Waals surface area contributed by atoms with Crippen LogP contribution in [-0.2, 0) is 0 Å². The molecule has 1 aromatic rings. The lowest BCUT2D eigenvalue weighted by molar-refractivity contribution is -0.268. The summed E-state index contributed by atoms with van der Waals surface area (Å²) in [5.74, 6) is -1.54. The summed E-state index contributed by atoms with van der Waals surface area (Å²) in [7, 11) is 0. The number of ketones is 1. The molecule has 0 heterocycles. The topological polar surface area (TPSA) is 40.1 Å². The molecule has 0 amide bonds. The van der Waals surface area contributed by atoms with Crippen LogP contribution in [0.4, 0.5) is 4.39 Å². The molecule has 0 aliphatic rings. The van der Waals surface area contributed by atoms with Crippen LogP contribution in [0.25, 0.3) is 0 Å². The summed E-state index contributed by atoms with van der Waals surface area (Å²) in [6, 6.07) is 3.16. The van der Waals surface area contributed by atoms with Gasteiger partial charge in [-0.25, -0.2) is 4.39 Å². The van der Waals surface area contributed by atoms with Crippen molar-refractivity contribution in [3.63, 3.8) is 0 Å². The van der Waals surface area contributed by atoms with E-state index in [0.717, 1.165) is 6.07 Å². The van der Waals surface area contributed by atoms with Crippen LogP contribution < -0.4 is 5.11 Å². The van der Waals surface area contributed by atoms with Gasteiger partial charge in [-0.2, -0.15) is 0 Å². The van der Waals surface area contributed by atoms with E-state index in [1.807, 2.05) is 0 Å². The van der Waals surface area contributed by atoms with Gasteiger partial charge >= 0.3 is 0 Å². The molecule has 58 valence electrons. The second kappa shape index (κ2) is 2.70. The lowest BCUT2D eigenvalue weighted by atomic mass is 10.1. The molecule has 0 aliphatic heterocycles. The van der Waals surface area contributed by atoms with Crippen molar-refractivity contribution in [2.75, 3.05) is 0 Å². The minimum absolute atomic E-state index is 0.0374. The van der Waals surface area contributed by atoms with Crippen molar-refractivity contribution in [3.8, 4) is 5.75 Å². The van der Waals surface area contributed by atoms with Crippen LogP contribution in [0.15, 0.2) is 18.2 Å². The van der Waals surface area contributed by atoms with Crippen LogP contribution in [0.1, 0.15) is 17.3 Å². The molecular weight excluding hydrogens is 147 g/mol. The van der Waals surface area contributed by atoms with Crippen molar-refractivity contribution in [1.29, 1.82) is 0 Å². The Kier molecular flexibility index (Phi) is 1.89. The van der Waals surface area contributed by atoms with Crippen molar-refractivity contribution in [2.45, 2.75) is 6.92 Å². The molecule has 0 aromatic heterocycles. The van der Waals surface area contributed by atoms with Crippen LogP contribution in [-0.4, -0.2) is 5.78 Å². The van der Waals surface area contributed by atoms with Gasteiger partial charge in [-0.05, 0) is 19.1 Å². The number of carbonyl (C=O) groups is 1. The van der Waals surface area contributed by atoms with Crippen LogP contribution in [0.3, 0.4) is 0 Å². The molecule has 0 N–H and O–H groups in total. The Morgan fingerprint density at radius 1 is 1.55 bits per heavy atom. The molecule has 0 aliphatic carbocycles. The van der Waals surface area contributed by atoms with Crippen molar-refractivity contribution in [3.05, 3.63) is 29.6 Å². The second-order valence-electron chi connectivity index (χ2n) is 2.20. The summed E-state index contributed by atoms with van der Waals surface area (Å²) in [4.78, 5) is 10.6. The number of hydrogen-bond donors (Lipinski definition) is 0. The quantitative estimate of drug-likeness (QED) is 0.567. The molecule has 0 radical (unpaired) electrons. The average Bonchev–Trinajstić information content (AvgIpc) is 1.85. The van der Waals surface area contributed by atoms with E-state index in [9.17, 15) is 14.3 Å². The predicted molar refractivity (Wildman–Crippen MR) is 35.9 cm³/mol. The fraction of sp³-hybridized carbons (Fsp3) is 0.125. The standard InChI is InChI=1S/C8H7FO2/c1-5(10)7-3-2-6(11)4-8(7)9/h2-4,11H,1H3/p-1. The molecule has 0 bridgehead atoms. The minimum Gasteiger partial charge on any atom is -0.872 e. The highest BCUT2D eigenvalue weighted by atomic mass is 19.1. The van der Waals surface area contributed by atoms with E-state index in [-0.39, 0.29) is 11.3 Å². The van der Waals surface area contributed by atoms with Crippen molar-refractivity contribution in [1.82, 2.24) is 0 Å². The van der Waals surface area contributed by atoms with Crippen molar-refractivity contribution >= 4 is 5.78 Å². The van der Waals surface area contributed by atoms with Crippen molar-refractivity contribution < 1.29 is 14.3 Å². The smallest absolute Gasteiger partial charge is 0.162 e. The van der Waals surface area contributed by atoms with E-state index in [1.54, 1.807) is 0 Å². The molecule has 2 nitrogen and oxygen atoms in total. The van der Waals surface area contributed by atoms with E-state index in [2.05, 4.69) is 0 Å². The number of hydrogen-bond acceptors (Lipinski definition) is 2. The minimum atomic E-state index is -0.745. The number of Topliss-reactive ketones (excluding diaryl/α,β-unsaturated/α-hetero) is 1. The lowest BCUT2D eigenvalue weighted by Gasteiger charge is -2.05. The van der Waals surface area contributed by atoms with E-state index in [0.29, 0.717) is 0 Å². The Bertz CT molecular complexity index is 294. The SMILES string of the molecule is CC(=O)c1ccc([O-])cc1F. The van der Waals surface area contributed by atoms with Crippen LogP contribution in [0.2, 0.25) is 0 Å². The molecule has 0 saturated heterocycles. The maximum Gasteiger partial charge on any atom is 0.162 e. The van der Waals surface area contributed by atoms with Crippen LogP contribution in [0, 0.1) is 5.82 Å². The Morgan fingerprint density at radius 3 is 2.64 bits per heavy atom. The molecule has 0 atom stereocenters. The number of benzene rings is 1. The van der Waals surface area contributed by atoms with Gasteiger partial charge in [0.15, 0.2) is 5.78 Å². The first kappa shape index (κ1) is 7.72. The molecular formula is C8H6FO2-. The van der Waals surface area contributed by atoms with Gasteiger partial charge in [-0.1, -0.05) is 6.07 Å². The Labute approximate surface area is 63.3 Å². The van der Waals surface area contributed by atoms with Gasteiger partial charge in [0, 0.05) is 0 Å². The molecule has 0 unspecified atom stereocenters. The number of carbonyl (C=O) groups excluding carboxylic acids is 1. The maximum atomic E-state index is 12.7. The summed E-state index contributed by atoms with van der Waals surface area (Å²) >= 11 is 0. The van der Waals surface area contributed by atoms with Gasteiger partial charge in [0.25, 0.3) is 0 Å². The average molecular weight is 153 g/mol. The highest BCUT2D eigenvalue weighted by Gasteiger charge is 2.04. The van der Waals surface area contributed by atoms with Crippen LogP contribution >= 0.6 is 0 Å². The van der Waals surface area contributed by atoms with Gasteiger partial charge < -0.3 is 5.11 Å². The molecule has 1 aromatic carbocycles. The zero-order valence-electron chi connectivity index (χ0n) is 5.93. The van der Waals surface area contributed by atoms with E-state index in [1.165, 1.54) is 19.1 Å². The fourth-order valence-electron chi connectivity index (χ4n) is 0.781. The van der Waals surface area contributed by atoms with E-state index in [4.69, 9.17) is 0 Å². The third kappa shape index (κ3) is 1.55. The maximum absolute atomic E-state index is 12.7. The van der Waals surface area contributed by atoms with Gasteiger partial charge in [0.05, 0.1) is 5.56 Å². The Balaban J connectivity index is 3.20. The highest BCUT2D eigenvalue weighted by Crippen LogP contribution is 2.12. The first-order valence-electron chi connectivity index (χ1n) is 3.09. The first-order chi connectivity index (χ1) is 5.11. The predicted octanol–water partition coefficient (Wildman–Crippen LogP) is 1.10. The summed E-state index contributed by atoms with van der Waals surface area (Å²) in [5, 5.41) is 10.5. The fourth-order valence-corrected chi connectivity index (χ4v) is 0.781. The summed E-state index contributed by atoms with van der Waals surface area (Å²) in [5.41, 5.74) is -0.0374. The molecule has 0 saturated carbocycles. The molecule has 0 spiro atoms.